The fourth-order valence-electron chi connectivity index (χ4n) is 3.06. The van der Waals surface area contributed by atoms with Crippen LogP contribution in [0.1, 0.15) is 22.3 Å². The Balaban J connectivity index is 2.09. The number of nitrogens with one attached hydrogen (secondary N) is 1. The zero-order chi connectivity index (χ0) is 13.7. The van der Waals surface area contributed by atoms with E-state index in [1.165, 1.54) is 5.56 Å². The molecule has 0 fully saturated rings. The maximum Gasteiger partial charge on any atom is 0.163 e. The summed E-state index contributed by atoms with van der Waals surface area (Å²) in [6.45, 7) is 0. The van der Waals surface area contributed by atoms with Crippen LogP contribution in [0.5, 0.6) is 0 Å². The number of hydrogen-bond donors (Lipinski definition) is 1. The van der Waals surface area contributed by atoms with E-state index >= 15 is 0 Å². The van der Waals surface area contributed by atoms with Gasteiger partial charge in [-0.25, -0.2) is 0 Å². The largest absolute Gasteiger partial charge is 0.354 e. The number of aromatic nitrogens is 1. The second-order valence-electron chi connectivity index (χ2n) is 5.14. The van der Waals surface area contributed by atoms with Gasteiger partial charge in [0.2, 0.25) is 0 Å². The Morgan fingerprint density at radius 1 is 1.05 bits per heavy atom. The van der Waals surface area contributed by atoms with Crippen molar-refractivity contribution in [2.75, 3.05) is 0 Å². The number of hydrogen-bond acceptors (Lipinski definition) is 1. The highest BCUT2D eigenvalue weighted by Crippen LogP contribution is 2.38. The second-order valence-corrected chi connectivity index (χ2v) is 5.58. The number of aromatic amines is 1. The molecule has 0 bridgehead atoms. The lowest BCUT2D eigenvalue weighted by molar-refractivity contribution is 0.0982. The van der Waals surface area contributed by atoms with Crippen LogP contribution < -0.4 is 0 Å². The molecule has 0 aliphatic heterocycles. The third-order valence-electron chi connectivity index (χ3n) is 3.93. The number of ketones is 1. The Hall–Kier alpha value is -2.06. The van der Waals surface area contributed by atoms with Gasteiger partial charge < -0.3 is 4.98 Å². The van der Waals surface area contributed by atoms with Crippen LogP contribution in [0.3, 0.4) is 0 Å². The summed E-state index contributed by atoms with van der Waals surface area (Å²) in [6, 6.07) is 13.9. The number of benzene rings is 2. The summed E-state index contributed by atoms with van der Waals surface area (Å²) in [5, 5.41) is 1.65. The zero-order valence-corrected chi connectivity index (χ0v) is 11.5. The number of halogens is 1. The monoisotopic (exact) mass is 281 g/mol. The van der Waals surface area contributed by atoms with E-state index in [1.54, 1.807) is 6.07 Å². The van der Waals surface area contributed by atoms with Gasteiger partial charge in [-0.1, -0.05) is 41.9 Å². The highest BCUT2D eigenvalue weighted by molar-refractivity contribution is 6.32. The molecule has 0 spiro atoms. The average molecular weight is 282 g/mol. The summed E-state index contributed by atoms with van der Waals surface area (Å²) in [6.07, 6.45) is 1.35. The van der Waals surface area contributed by atoms with Crippen molar-refractivity contribution in [3.63, 3.8) is 0 Å². The van der Waals surface area contributed by atoms with Gasteiger partial charge in [-0.05, 0) is 29.7 Å². The standard InChI is InChI=1S/C17H12ClNO/c18-11-8-13-15(20)7-6-12-16(13)14(9-11)19-17(12)10-4-2-1-3-5-10/h1-5,8-9,19H,6-7H2. The molecule has 0 unspecified atom stereocenters. The lowest BCUT2D eigenvalue weighted by atomic mass is 9.89. The van der Waals surface area contributed by atoms with Crippen LogP contribution in [-0.2, 0) is 6.42 Å². The molecule has 20 heavy (non-hydrogen) atoms. The molecule has 1 aliphatic rings. The van der Waals surface area contributed by atoms with Gasteiger partial charge >= 0.3 is 0 Å². The molecule has 1 aliphatic carbocycles. The van der Waals surface area contributed by atoms with E-state index < -0.39 is 0 Å². The van der Waals surface area contributed by atoms with E-state index in [0.29, 0.717) is 11.4 Å². The first kappa shape index (κ1) is 11.7. The molecular formula is C17H12ClNO. The average Bonchev–Trinajstić information content (AvgIpc) is 2.83. The fourth-order valence-corrected chi connectivity index (χ4v) is 3.28. The van der Waals surface area contributed by atoms with Gasteiger partial charge in [0.1, 0.15) is 0 Å². The molecule has 2 nitrogen and oxygen atoms in total. The fraction of sp³-hybridized carbons (Fsp3) is 0.118. The highest BCUT2D eigenvalue weighted by Gasteiger charge is 2.24. The Kier molecular flexibility index (Phi) is 2.48. The summed E-state index contributed by atoms with van der Waals surface area (Å²) < 4.78 is 0. The number of rotatable bonds is 1. The van der Waals surface area contributed by atoms with Crippen molar-refractivity contribution in [1.82, 2.24) is 4.98 Å². The molecule has 0 saturated carbocycles. The van der Waals surface area contributed by atoms with Gasteiger partial charge in [-0.15, -0.1) is 0 Å². The third-order valence-corrected chi connectivity index (χ3v) is 4.15. The lowest BCUT2D eigenvalue weighted by Gasteiger charge is -2.13. The summed E-state index contributed by atoms with van der Waals surface area (Å²) in [5.74, 6) is 0.184. The van der Waals surface area contributed by atoms with Crippen LogP contribution in [-0.4, -0.2) is 10.8 Å². The molecule has 3 heteroatoms. The second kappa shape index (κ2) is 4.22. The van der Waals surface area contributed by atoms with Gasteiger partial charge in [-0.2, -0.15) is 0 Å². The molecule has 0 radical (unpaired) electrons. The summed E-state index contributed by atoms with van der Waals surface area (Å²) in [4.78, 5) is 15.5. The summed E-state index contributed by atoms with van der Waals surface area (Å²) in [7, 11) is 0. The number of carbonyl (C=O) groups is 1. The Morgan fingerprint density at radius 2 is 1.85 bits per heavy atom. The van der Waals surface area contributed by atoms with E-state index in [1.807, 2.05) is 24.3 Å². The maximum atomic E-state index is 12.1. The number of H-pyrrole nitrogens is 1. The van der Waals surface area contributed by atoms with Crippen LogP contribution in [0.15, 0.2) is 42.5 Å². The van der Waals surface area contributed by atoms with E-state index in [-0.39, 0.29) is 5.78 Å². The quantitative estimate of drug-likeness (QED) is 0.694. The van der Waals surface area contributed by atoms with Crippen LogP contribution in [0.2, 0.25) is 5.02 Å². The van der Waals surface area contributed by atoms with Crippen molar-refractivity contribution >= 4 is 28.3 Å². The number of Topliss-reactive ketones (excluding diaryl/α,β-unsaturated/α-hetero) is 1. The zero-order valence-electron chi connectivity index (χ0n) is 10.7. The number of carbonyl (C=O) groups excluding carboxylic acids is 1. The Labute approximate surface area is 121 Å². The topological polar surface area (TPSA) is 32.9 Å². The summed E-state index contributed by atoms with van der Waals surface area (Å²) >= 11 is 6.13. The minimum absolute atomic E-state index is 0.184. The lowest BCUT2D eigenvalue weighted by Crippen LogP contribution is -2.08. The van der Waals surface area contributed by atoms with Crippen molar-refractivity contribution in [1.29, 1.82) is 0 Å². The SMILES string of the molecule is O=C1CCc2c(-c3ccccc3)[nH]c3cc(Cl)cc1c23. The van der Waals surface area contributed by atoms with Crippen LogP contribution in [0.4, 0.5) is 0 Å². The van der Waals surface area contributed by atoms with Gasteiger partial charge in [-0.3, -0.25) is 4.79 Å². The molecule has 1 N–H and O–H groups in total. The molecule has 4 rings (SSSR count). The van der Waals surface area contributed by atoms with Crippen molar-refractivity contribution < 1.29 is 4.79 Å². The highest BCUT2D eigenvalue weighted by atomic mass is 35.5. The van der Waals surface area contributed by atoms with Crippen LogP contribution >= 0.6 is 11.6 Å². The minimum atomic E-state index is 0.184. The van der Waals surface area contributed by atoms with E-state index in [2.05, 4.69) is 17.1 Å². The van der Waals surface area contributed by atoms with Gasteiger partial charge in [0.25, 0.3) is 0 Å². The Bertz CT molecular complexity index is 833. The molecular weight excluding hydrogens is 270 g/mol. The summed E-state index contributed by atoms with van der Waals surface area (Å²) in [5.41, 5.74) is 5.20. The molecule has 0 saturated heterocycles. The van der Waals surface area contributed by atoms with Crippen LogP contribution in [0.25, 0.3) is 22.2 Å². The molecule has 0 amide bonds. The van der Waals surface area contributed by atoms with Gasteiger partial charge in [0.05, 0.1) is 0 Å². The van der Waals surface area contributed by atoms with Gasteiger partial charge in [0, 0.05) is 33.6 Å². The van der Waals surface area contributed by atoms with Gasteiger partial charge in [0.15, 0.2) is 5.78 Å². The molecule has 1 heterocycles. The minimum Gasteiger partial charge on any atom is -0.354 e. The molecule has 0 atom stereocenters. The predicted octanol–water partition coefficient (Wildman–Crippen LogP) is 4.62. The van der Waals surface area contributed by atoms with Crippen molar-refractivity contribution in [2.45, 2.75) is 12.8 Å². The van der Waals surface area contributed by atoms with Crippen molar-refractivity contribution in [3.05, 3.63) is 58.6 Å². The molecule has 1 aromatic heterocycles. The normalized spacial score (nSPS) is 13.9. The van der Waals surface area contributed by atoms with Crippen LogP contribution in [0, 0.1) is 0 Å². The van der Waals surface area contributed by atoms with Crippen molar-refractivity contribution in [3.8, 4) is 11.3 Å². The first-order valence-corrected chi connectivity index (χ1v) is 7.04. The van der Waals surface area contributed by atoms with Crippen molar-refractivity contribution in [2.24, 2.45) is 0 Å². The van der Waals surface area contributed by atoms with E-state index in [9.17, 15) is 4.79 Å². The molecule has 2 aromatic carbocycles. The smallest absolute Gasteiger partial charge is 0.163 e. The first-order chi connectivity index (χ1) is 9.74. The number of aryl methyl sites for hydroxylation is 1. The van der Waals surface area contributed by atoms with E-state index in [4.69, 9.17) is 11.6 Å². The Morgan fingerprint density at radius 3 is 2.65 bits per heavy atom. The molecule has 3 aromatic rings. The van der Waals surface area contributed by atoms with E-state index in [0.717, 1.165) is 34.1 Å². The molecule has 98 valence electrons. The first-order valence-electron chi connectivity index (χ1n) is 6.67. The predicted molar refractivity (Wildman–Crippen MR) is 81.4 cm³/mol. The maximum absolute atomic E-state index is 12.1. The third kappa shape index (κ3) is 1.61.